The Morgan fingerprint density at radius 2 is 2.06 bits per heavy atom. The Kier molecular flexibility index (Phi) is 3.74. The van der Waals surface area contributed by atoms with E-state index in [4.69, 9.17) is 14.5 Å². The first kappa shape index (κ1) is 18.2. The Labute approximate surface area is 183 Å². The average molecular weight is 435 g/mol. The Morgan fingerprint density at radius 1 is 1.16 bits per heavy atom. The van der Waals surface area contributed by atoms with E-state index < -0.39 is 0 Å². The van der Waals surface area contributed by atoms with Gasteiger partial charge in [-0.05, 0) is 37.5 Å². The lowest BCUT2D eigenvalue weighted by molar-refractivity contribution is 0.0695. The first-order valence-electron chi connectivity index (χ1n) is 11.2. The number of aromatic nitrogens is 3. The molecule has 32 heavy (non-hydrogen) atoms. The lowest BCUT2D eigenvalue weighted by Gasteiger charge is -2.40. The van der Waals surface area contributed by atoms with E-state index in [1.807, 2.05) is 0 Å². The number of hydrogen-bond acceptors (Lipinski definition) is 6. The van der Waals surface area contributed by atoms with E-state index in [9.17, 15) is 9.18 Å². The van der Waals surface area contributed by atoms with E-state index in [2.05, 4.69) is 15.3 Å². The highest BCUT2D eigenvalue weighted by Crippen LogP contribution is 2.43. The summed E-state index contributed by atoms with van der Waals surface area (Å²) in [5, 5.41) is 7.41. The molecule has 8 nitrogen and oxygen atoms in total. The van der Waals surface area contributed by atoms with E-state index in [0.717, 1.165) is 24.8 Å². The van der Waals surface area contributed by atoms with Crippen LogP contribution >= 0.6 is 0 Å². The summed E-state index contributed by atoms with van der Waals surface area (Å²) >= 11 is 0. The number of rotatable bonds is 0. The van der Waals surface area contributed by atoms with E-state index >= 15 is 0 Å². The van der Waals surface area contributed by atoms with Crippen molar-refractivity contribution in [3.05, 3.63) is 47.5 Å². The van der Waals surface area contributed by atoms with E-state index in [0.29, 0.717) is 47.9 Å². The van der Waals surface area contributed by atoms with Crippen molar-refractivity contribution in [3.63, 3.8) is 0 Å². The maximum atomic E-state index is 14.3. The summed E-state index contributed by atoms with van der Waals surface area (Å²) in [5.74, 6) is 1.51. The van der Waals surface area contributed by atoms with Gasteiger partial charge in [-0.3, -0.25) is 4.79 Å². The molecular weight excluding hydrogens is 413 g/mol. The van der Waals surface area contributed by atoms with Gasteiger partial charge in [-0.2, -0.15) is 5.10 Å². The third kappa shape index (κ3) is 2.69. The minimum atomic E-state index is -0.287. The number of nitrogens with one attached hydrogen (secondary N) is 1. The van der Waals surface area contributed by atoms with Crippen molar-refractivity contribution in [1.82, 2.24) is 19.9 Å². The zero-order chi connectivity index (χ0) is 21.4. The van der Waals surface area contributed by atoms with Gasteiger partial charge >= 0.3 is 0 Å². The van der Waals surface area contributed by atoms with Crippen molar-refractivity contribution >= 4 is 17.4 Å². The lowest BCUT2D eigenvalue weighted by atomic mass is 9.89. The van der Waals surface area contributed by atoms with Crippen LogP contribution in [0, 0.1) is 5.82 Å². The highest BCUT2D eigenvalue weighted by molar-refractivity contribution is 6.00. The summed E-state index contributed by atoms with van der Waals surface area (Å²) in [7, 11) is 0. The minimum Gasteiger partial charge on any atom is -0.490 e. The van der Waals surface area contributed by atoms with Gasteiger partial charge in [0.1, 0.15) is 29.3 Å². The molecule has 5 aliphatic rings. The zero-order valence-corrected chi connectivity index (χ0v) is 17.3. The first-order valence-corrected chi connectivity index (χ1v) is 11.2. The fraction of sp³-hybridized carbons (Fsp3) is 0.435. The maximum Gasteiger partial charge on any atom is 0.256 e. The SMILES string of the molecule is O=C1N[C@H]2C[C@H](C2)Oc2ccc(F)cc2CN2c3nc4c1cnn4cc3O[C@H]1CCC[C@H]12. The molecule has 4 bridgehead atoms. The molecule has 0 unspecified atom stereocenters. The maximum absolute atomic E-state index is 14.3. The highest BCUT2D eigenvalue weighted by atomic mass is 19.1. The molecule has 164 valence electrons. The Hall–Kier alpha value is -3.36. The van der Waals surface area contributed by atoms with Crippen LogP contribution in [0.15, 0.2) is 30.6 Å². The number of amides is 1. The molecule has 8 rings (SSSR count). The van der Waals surface area contributed by atoms with Gasteiger partial charge in [0.25, 0.3) is 5.91 Å². The second-order valence-corrected chi connectivity index (χ2v) is 9.17. The van der Waals surface area contributed by atoms with E-state index in [-0.39, 0.29) is 36.0 Å². The smallest absolute Gasteiger partial charge is 0.256 e. The molecule has 5 heterocycles. The molecule has 2 saturated carbocycles. The molecule has 2 aliphatic carbocycles. The zero-order valence-electron chi connectivity index (χ0n) is 17.3. The summed E-state index contributed by atoms with van der Waals surface area (Å²) in [4.78, 5) is 20.0. The van der Waals surface area contributed by atoms with Crippen molar-refractivity contribution in [2.45, 2.75) is 62.9 Å². The number of carbonyl (C=O) groups is 1. The van der Waals surface area contributed by atoms with Gasteiger partial charge in [0, 0.05) is 31.0 Å². The molecule has 0 spiro atoms. The molecular formula is C23H22FN5O3. The van der Waals surface area contributed by atoms with Crippen LogP contribution in [0.1, 0.15) is 48.0 Å². The predicted octanol–water partition coefficient (Wildman–Crippen LogP) is 2.84. The molecule has 1 N–H and O–H groups in total. The standard InChI is InChI=1S/C23H22FN5O3/c24-13-4-5-18-12(6-13)10-28-17-2-1-3-19(17)32-20-11-29-21(27-22(20)28)16(9-25-29)23(30)26-14-7-15(8-14)31-18/h4-6,9,11,14-15,17,19H,1-3,7-8,10H2,(H,26,30)/t14-,15+,17-,19+/m1/s1. The summed E-state index contributed by atoms with van der Waals surface area (Å²) in [5.41, 5.74) is 1.73. The molecule has 2 atom stereocenters. The number of hydrogen-bond donors (Lipinski definition) is 1. The number of fused-ring (bicyclic) bond motifs is 2. The quantitative estimate of drug-likeness (QED) is 0.585. The summed E-state index contributed by atoms with van der Waals surface area (Å²) in [6.45, 7) is 0.458. The van der Waals surface area contributed by atoms with Gasteiger partial charge in [0.15, 0.2) is 17.2 Å². The molecule has 0 saturated heterocycles. The molecule has 3 aliphatic heterocycles. The van der Waals surface area contributed by atoms with Gasteiger partial charge in [0.2, 0.25) is 0 Å². The fourth-order valence-corrected chi connectivity index (χ4v) is 5.44. The average Bonchev–Trinajstić information content (AvgIpc) is 3.38. The van der Waals surface area contributed by atoms with E-state index in [1.54, 1.807) is 29.0 Å². The molecule has 1 aromatic carbocycles. The predicted molar refractivity (Wildman–Crippen MR) is 113 cm³/mol. The lowest BCUT2D eigenvalue weighted by Crippen LogP contribution is -2.49. The third-order valence-electron chi connectivity index (χ3n) is 7.14. The van der Waals surface area contributed by atoms with E-state index in [1.165, 1.54) is 6.07 Å². The molecule has 3 aromatic rings. The van der Waals surface area contributed by atoms with Crippen LogP contribution in [0.25, 0.3) is 5.65 Å². The Bertz CT molecular complexity index is 1250. The number of nitrogens with zero attached hydrogens (tertiary/aromatic N) is 4. The molecule has 0 radical (unpaired) electrons. The largest absolute Gasteiger partial charge is 0.490 e. The van der Waals surface area contributed by atoms with Crippen molar-refractivity contribution in [2.24, 2.45) is 0 Å². The monoisotopic (exact) mass is 435 g/mol. The van der Waals surface area contributed by atoms with Gasteiger partial charge in [0.05, 0.1) is 18.4 Å². The minimum absolute atomic E-state index is 0.00457. The normalized spacial score (nSPS) is 28.2. The topological polar surface area (TPSA) is 81.0 Å². The number of benzene rings is 1. The van der Waals surface area contributed by atoms with Gasteiger partial charge < -0.3 is 19.7 Å². The molecule has 2 aromatic heterocycles. The van der Waals surface area contributed by atoms with Crippen LogP contribution in [-0.4, -0.2) is 44.8 Å². The van der Waals surface area contributed by atoms with Crippen molar-refractivity contribution < 1.29 is 18.7 Å². The van der Waals surface area contributed by atoms with Crippen LogP contribution in [-0.2, 0) is 6.54 Å². The van der Waals surface area contributed by atoms with Gasteiger partial charge in [-0.15, -0.1) is 0 Å². The Morgan fingerprint density at radius 3 is 2.97 bits per heavy atom. The summed E-state index contributed by atoms with van der Waals surface area (Å²) < 4.78 is 28.4. The van der Waals surface area contributed by atoms with Crippen molar-refractivity contribution in [3.8, 4) is 11.5 Å². The van der Waals surface area contributed by atoms with Gasteiger partial charge in [-0.1, -0.05) is 0 Å². The number of halogens is 1. The van der Waals surface area contributed by atoms with Crippen LogP contribution in [0.2, 0.25) is 0 Å². The molecule has 2 fully saturated rings. The van der Waals surface area contributed by atoms with Crippen LogP contribution < -0.4 is 19.7 Å². The third-order valence-corrected chi connectivity index (χ3v) is 7.14. The van der Waals surface area contributed by atoms with Crippen molar-refractivity contribution in [1.29, 1.82) is 0 Å². The first-order chi connectivity index (χ1) is 15.6. The Balaban J connectivity index is 1.42. The second kappa shape index (κ2) is 6.57. The van der Waals surface area contributed by atoms with Gasteiger partial charge in [-0.25, -0.2) is 13.9 Å². The number of anilines is 1. The van der Waals surface area contributed by atoms with Crippen LogP contribution in [0.5, 0.6) is 11.5 Å². The highest BCUT2D eigenvalue weighted by Gasteiger charge is 2.41. The molecule has 1 amide bonds. The van der Waals surface area contributed by atoms with Crippen molar-refractivity contribution in [2.75, 3.05) is 4.90 Å². The number of ether oxygens (including phenoxy) is 2. The summed E-state index contributed by atoms with van der Waals surface area (Å²) in [6.07, 6.45) is 7.81. The second-order valence-electron chi connectivity index (χ2n) is 9.17. The van der Waals surface area contributed by atoms with Crippen LogP contribution in [0.3, 0.4) is 0 Å². The molecule has 9 heteroatoms. The number of carbonyl (C=O) groups excluding carboxylic acids is 1. The summed E-state index contributed by atoms with van der Waals surface area (Å²) in [6, 6.07) is 4.87. The fourth-order valence-electron chi connectivity index (χ4n) is 5.44. The van der Waals surface area contributed by atoms with Crippen LogP contribution in [0.4, 0.5) is 10.2 Å².